The molecule has 5 nitrogen and oxygen atoms in total. The molecule has 1 N–H and O–H groups in total. The second-order valence-electron chi connectivity index (χ2n) is 7.30. The molecule has 0 aliphatic rings. The van der Waals surface area contributed by atoms with E-state index in [1.165, 1.54) is 24.5 Å². The first-order valence-corrected chi connectivity index (χ1v) is 12.2. The van der Waals surface area contributed by atoms with Crippen LogP contribution in [0.2, 0.25) is 0 Å². The molecular formula is C26H26BrNO4S. The van der Waals surface area contributed by atoms with Crippen molar-refractivity contribution in [1.29, 1.82) is 0 Å². The Morgan fingerprint density at radius 2 is 1.85 bits per heavy atom. The van der Waals surface area contributed by atoms with Gasteiger partial charge < -0.3 is 14.8 Å². The summed E-state index contributed by atoms with van der Waals surface area (Å²) in [5, 5.41) is 3.31. The van der Waals surface area contributed by atoms with Crippen molar-refractivity contribution in [3.63, 3.8) is 0 Å². The van der Waals surface area contributed by atoms with Crippen LogP contribution in [0.15, 0.2) is 59.1 Å². The van der Waals surface area contributed by atoms with Crippen molar-refractivity contribution in [3.8, 4) is 16.9 Å². The van der Waals surface area contributed by atoms with Crippen molar-refractivity contribution in [3.05, 3.63) is 75.1 Å². The fourth-order valence-electron chi connectivity index (χ4n) is 3.29. The number of aryl methyl sites for hydroxylation is 1. The van der Waals surface area contributed by atoms with E-state index in [0.717, 1.165) is 44.6 Å². The van der Waals surface area contributed by atoms with Gasteiger partial charge in [-0.2, -0.15) is 0 Å². The molecule has 0 aliphatic heterocycles. The van der Waals surface area contributed by atoms with Gasteiger partial charge in [0.15, 0.2) is 0 Å². The molecule has 1 amide bonds. The molecule has 1 heterocycles. The summed E-state index contributed by atoms with van der Waals surface area (Å²) >= 11 is 4.78. The number of anilines is 1. The molecule has 0 fully saturated rings. The Balaban J connectivity index is 1.85. The molecule has 0 bridgehead atoms. The number of ether oxygens (including phenoxy) is 2. The summed E-state index contributed by atoms with van der Waals surface area (Å²) in [6.07, 6.45) is 5.17. The molecule has 3 rings (SSSR count). The van der Waals surface area contributed by atoms with Crippen molar-refractivity contribution in [2.75, 3.05) is 19.0 Å². The van der Waals surface area contributed by atoms with Gasteiger partial charge in [-0.1, -0.05) is 59.6 Å². The standard InChI is InChI=1S/C26H26BrNO4S/c1-4-5-16-32-21-9-7-6-8-18(21)12-15-22(29)28-25-24(26(30)31-3)23(17(2)33-25)19-10-13-20(27)14-11-19/h6-15H,4-5,16H2,1-3H3,(H,28,29)/b15-12+. The second kappa shape index (κ2) is 11.8. The van der Waals surface area contributed by atoms with Crippen LogP contribution in [0, 0.1) is 6.92 Å². The number of hydrogen-bond donors (Lipinski definition) is 1. The van der Waals surface area contributed by atoms with E-state index in [2.05, 4.69) is 28.2 Å². The summed E-state index contributed by atoms with van der Waals surface area (Å²) in [5.41, 5.74) is 2.80. The Bertz CT molecular complexity index is 1150. The number of carbonyl (C=O) groups is 2. The van der Waals surface area contributed by atoms with Gasteiger partial charge in [-0.05, 0) is 43.2 Å². The van der Waals surface area contributed by atoms with E-state index in [1.807, 2.05) is 55.5 Å². The van der Waals surface area contributed by atoms with E-state index >= 15 is 0 Å². The van der Waals surface area contributed by atoms with Gasteiger partial charge in [0.2, 0.25) is 5.91 Å². The highest BCUT2D eigenvalue weighted by molar-refractivity contribution is 9.10. The van der Waals surface area contributed by atoms with Gasteiger partial charge in [-0.25, -0.2) is 4.79 Å². The summed E-state index contributed by atoms with van der Waals surface area (Å²) in [6.45, 7) is 4.66. The molecule has 3 aromatic rings. The fraction of sp³-hybridized carbons (Fsp3) is 0.231. The third kappa shape index (κ3) is 6.33. The Morgan fingerprint density at radius 1 is 1.12 bits per heavy atom. The van der Waals surface area contributed by atoms with Crippen molar-refractivity contribution in [2.45, 2.75) is 26.7 Å². The zero-order valence-electron chi connectivity index (χ0n) is 18.8. The third-order valence-electron chi connectivity index (χ3n) is 4.93. The first-order valence-electron chi connectivity index (χ1n) is 10.6. The number of thiophene rings is 1. The molecular weight excluding hydrogens is 502 g/mol. The highest BCUT2D eigenvalue weighted by Crippen LogP contribution is 2.40. The molecule has 172 valence electrons. The predicted octanol–water partition coefficient (Wildman–Crippen LogP) is 7.10. The molecule has 7 heteroatoms. The molecule has 0 unspecified atom stereocenters. The van der Waals surface area contributed by atoms with E-state index in [1.54, 1.807) is 6.08 Å². The first-order chi connectivity index (χ1) is 15.9. The van der Waals surface area contributed by atoms with Crippen LogP contribution in [-0.2, 0) is 9.53 Å². The number of nitrogens with one attached hydrogen (secondary N) is 1. The minimum absolute atomic E-state index is 0.341. The number of para-hydroxylation sites is 1. The van der Waals surface area contributed by atoms with Gasteiger partial charge >= 0.3 is 5.97 Å². The molecule has 2 aromatic carbocycles. The molecule has 33 heavy (non-hydrogen) atoms. The number of halogens is 1. The second-order valence-corrected chi connectivity index (χ2v) is 9.44. The van der Waals surface area contributed by atoms with E-state index in [4.69, 9.17) is 9.47 Å². The van der Waals surface area contributed by atoms with Gasteiger partial charge in [0.25, 0.3) is 0 Å². The number of hydrogen-bond acceptors (Lipinski definition) is 5. The van der Waals surface area contributed by atoms with Gasteiger partial charge in [-0.3, -0.25) is 4.79 Å². The smallest absolute Gasteiger partial charge is 0.341 e. The maximum atomic E-state index is 12.7. The normalized spacial score (nSPS) is 10.9. The van der Waals surface area contributed by atoms with Crippen LogP contribution in [0.5, 0.6) is 5.75 Å². The monoisotopic (exact) mass is 527 g/mol. The summed E-state index contributed by atoms with van der Waals surface area (Å²) in [7, 11) is 1.33. The number of esters is 1. The lowest BCUT2D eigenvalue weighted by molar-refractivity contribution is -0.111. The molecule has 0 radical (unpaired) electrons. The average Bonchev–Trinajstić information content (AvgIpc) is 3.14. The molecule has 0 saturated heterocycles. The molecule has 1 aromatic heterocycles. The van der Waals surface area contributed by atoms with Crippen LogP contribution in [0.25, 0.3) is 17.2 Å². The summed E-state index contributed by atoms with van der Waals surface area (Å²) in [5.74, 6) is -0.104. The Hall–Kier alpha value is -2.90. The van der Waals surface area contributed by atoms with Gasteiger partial charge in [0.1, 0.15) is 16.3 Å². The first kappa shape index (κ1) is 24.7. The highest BCUT2D eigenvalue weighted by atomic mass is 79.9. The number of unbranched alkanes of at least 4 members (excludes halogenated alkanes) is 1. The SMILES string of the molecule is CCCCOc1ccccc1/C=C/C(=O)Nc1sc(C)c(-c2ccc(Br)cc2)c1C(=O)OC. The van der Waals surface area contributed by atoms with Crippen molar-refractivity contribution >= 4 is 50.2 Å². The van der Waals surface area contributed by atoms with Crippen LogP contribution < -0.4 is 10.1 Å². The summed E-state index contributed by atoms with van der Waals surface area (Å²) in [6, 6.07) is 15.2. The topological polar surface area (TPSA) is 64.6 Å². The lowest BCUT2D eigenvalue weighted by Crippen LogP contribution is -2.11. The highest BCUT2D eigenvalue weighted by Gasteiger charge is 2.24. The van der Waals surface area contributed by atoms with Crippen LogP contribution in [-0.4, -0.2) is 25.6 Å². The van der Waals surface area contributed by atoms with Gasteiger partial charge in [0, 0.05) is 26.6 Å². The van der Waals surface area contributed by atoms with Crippen molar-refractivity contribution in [1.82, 2.24) is 0 Å². The summed E-state index contributed by atoms with van der Waals surface area (Å²) in [4.78, 5) is 26.3. The largest absolute Gasteiger partial charge is 0.493 e. The quantitative estimate of drug-likeness (QED) is 0.183. The Morgan fingerprint density at radius 3 is 2.55 bits per heavy atom. The predicted molar refractivity (Wildman–Crippen MR) is 138 cm³/mol. The zero-order chi connectivity index (χ0) is 23.8. The maximum absolute atomic E-state index is 12.7. The number of rotatable bonds is 9. The Labute approximate surface area is 206 Å². The number of benzene rings is 2. The number of methoxy groups -OCH3 is 1. The number of carbonyl (C=O) groups excluding carboxylic acids is 2. The fourth-order valence-corrected chi connectivity index (χ4v) is 4.62. The molecule has 0 spiro atoms. The van der Waals surface area contributed by atoms with E-state index in [0.29, 0.717) is 17.2 Å². The number of amides is 1. The Kier molecular flexibility index (Phi) is 8.86. The lowest BCUT2D eigenvalue weighted by Gasteiger charge is -2.09. The van der Waals surface area contributed by atoms with Gasteiger partial charge in [-0.15, -0.1) is 11.3 Å². The van der Waals surface area contributed by atoms with Crippen LogP contribution in [0.3, 0.4) is 0 Å². The van der Waals surface area contributed by atoms with Crippen LogP contribution in [0.4, 0.5) is 5.00 Å². The van der Waals surface area contributed by atoms with Gasteiger partial charge in [0.05, 0.1) is 13.7 Å². The van der Waals surface area contributed by atoms with Crippen molar-refractivity contribution in [2.24, 2.45) is 0 Å². The van der Waals surface area contributed by atoms with Crippen LogP contribution >= 0.6 is 27.3 Å². The molecule has 0 atom stereocenters. The zero-order valence-corrected chi connectivity index (χ0v) is 21.2. The molecule has 0 aliphatic carbocycles. The maximum Gasteiger partial charge on any atom is 0.341 e. The summed E-state index contributed by atoms with van der Waals surface area (Å²) < 4.78 is 11.8. The minimum Gasteiger partial charge on any atom is -0.493 e. The van der Waals surface area contributed by atoms with E-state index in [9.17, 15) is 9.59 Å². The lowest BCUT2D eigenvalue weighted by atomic mass is 10.0. The molecule has 0 saturated carbocycles. The third-order valence-corrected chi connectivity index (χ3v) is 6.48. The minimum atomic E-state index is -0.494. The van der Waals surface area contributed by atoms with Crippen LogP contribution in [0.1, 0.15) is 40.6 Å². The average molecular weight is 528 g/mol. The van der Waals surface area contributed by atoms with E-state index < -0.39 is 5.97 Å². The van der Waals surface area contributed by atoms with E-state index in [-0.39, 0.29) is 5.91 Å². The van der Waals surface area contributed by atoms with Crippen molar-refractivity contribution < 1.29 is 19.1 Å².